The Hall–Kier alpha value is -2.22. The molecular weight excluding hydrogens is 363 g/mol. The van der Waals surface area contributed by atoms with Gasteiger partial charge in [0.05, 0.1) is 11.4 Å². The van der Waals surface area contributed by atoms with Gasteiger partial charge in [0.15, 0.2) is 5.69 Å². The fourth-order valence-electron chi connectivity index (χ4n) is 2.45. The van der Waals surface area contributed by atoms with Crippen LogP contribution in [0.15, 0.2) is 36.7 Å². The molecular formula is C16H20Cl2N6O. The zero-order chi connectivity index (χ0) is 16.2. The van der Waals surface area contributed by atoms with Crippen LogP contribution in [-0.4, -0.2) is 39.0 Å². The van der Waals surface area contributed by atoms with Crippen LogP contribution < -0.4 is 11.1 Å². The van der Waals surface area contributed by atoms with E-state index >= 15 is 0 Å². The number of rotatable bonds is 5. The van der Waals surface area contributed by atoms with Gasteiger partial charge in [-0.2, -0.15) is 0 Å². The topological polar surface area (TPSA) is 98.7 Å². The van der Waals surface area contributed by atoms with Gasteiger partial charge in [0.1, 0.15) is 0 Å². The van der Waals surface area contributed by atoms with E-state index in [4.69, 9.17) is 5.73 Å². The molecule has 0 bridgehead atoms. The Balaban J connectivity index is 0.00000156. The number of halogens is 2. The zero-order valence-electron chi connectivity index (χ0n) is 13.7. The minimum absolute atomic E-state index is 0. The SMILES string of the molecule is Cc1c(C(=O)NCCCN)nnn1-c1cccc2cnccc12.Cl.Cl. The smallest absolute Gasteiger partial charge is 0.273 e. The monoisotopic (exact) mass is 382 g/mol. The lowest BCUT2D eigenvalue weighted by Crippen LogP contribution is -2.27. The Labute approximate surface area is 157 Å². The number of carbonyl (C=O) groups excluding carboxylic acids is 1. The number of benzene rings is 1. The van der Waals surface area contributed by atoms with Crippen LogP contribution in [-0.2, 0) is 0 Å². The molecule has 3 aromatic rings. The van der Waals surface area contributed by atoms with Gasteiger partial charge in [-0.3, -0.25) is 9.78 Å². The molecule has 7 nitrogen and oxygen atoms in total. The van der Waals surface area contributed by atoms with E-state index in [1.165, 1.54) is 0 Å². The number of amides is 1. The Bertz CT molecular complexity index is 846. The van der Waals surface area contributed by atoms with Crippen LogP contribution in [0.4, 0.5) is 0 Å². The average Bonchev–Trinajstić information content (AvgIpc) is 2.96. The van der Waals surface area contributed by atoms with Gasteiger partial charge in [-0.1, -0.05) is 17.3 Å². The molecule has 2 aromatic heterocycles. The lowest BCUT2D eigenvalue weighted by molar-refractivity contribution is 0.0948. The molecule has 0 aliphatic heterocycles. The summed E-state index contributed by atoms with van der Waals surface area (Å²) in [6.07, 6.45) is 4.26. The van der Waals surface area contributed by atoms with Gasteiger partial charge in [-0.15, -0.1) is 29.9 Å². The first kappa shape index (κ1) is 20.8. The minimum atomic E-state index is -0.232. The number of hydrogen-bond acceptors (Lipinski definition) is 5. The van der Waals surface area contributed by atoms with Crippen molar-refractivity contribution in [2.75, 3.05) is 13.1 Å². The van der Waals surface area contributed by atoms with Crippen LogP contribution in [0.5, 0.6) is 0 Å². The van der Waals surface area contributed by atoms with Gasteiger partial charge >= 0.3 is 0 Å². The summed E-state index contributed by atoms with van der Waals surface area (Å²) in [7, 11) is 0. The lowest BCUT2D eigenvalue weighted by atomic mass is 10.1. The van der Waals surface area contributed by atoms with E-state index < -0.39 is 0 Å². The molecule has 0 fully saturated rings. The number of carbonyl (C=O) groups is 1. The third-order valence-corrected chi connectivity index (χ3v) is 3.66. The summed E-state index contributed by atoms with van der Waals surface area (Å²) in [4.78, 5) is 16.3. The van der Waals surface area contributed by atoms with Crippen molar-refractivity contribution in [3.8, 4) is 5.69 Å². The highest BCUT2D eigenvalue weighted by Crippen LogP contribution is 2.22. The zero-order valence-corrected chi connectivity index (χ0v) is 15.3. The van der Waals surface area contributed by atoms with Crippen LogP contribution >= 0.6 is 24.8 Å². The van der Waals surface area contributed by atoms with E-state index in [9.17, 15) is 4.79 Å². The van der Waals surface area contributed by atoms with E-state index in [0.717, 1.165) is 22.9 Å². The van der Waals surface area contributed by atoms with Crippen LogP contribution in [0.25, 0.3) is 16.5 Å². The van der Waals surface area contributed by atoms with E-state index in [-0.39, 0.29) is 30.7 Å². The number of aromatic nitrogens is 4. The second-order valence-corrected chi connectivity index (χ2v) is 5.21. The highest BCUT2D eigenvalue weighted by Gasteiger charge is 2.17. The quantitative estimate of drug-likeness (QED) is 0.657. The van der Waals surface area contributed by atoms with Gasteiger partial charge in [0.2, 0.25) is 0 Å². The third kappa shape index (κ3) is 4.25. The summed E-state index contributed by atoms with van der Waals surface area (Å²) in [5, 5.41) is 13.0. The first-order chi connectivity index (χ1) is 11.2. The molecule has 0 atom stereocenters. The summed E-state index contributed by atoms with van der Waals surface area (Å²) in [6.45, 7) is 2.90. The standard InChI is InChI=1S/C16H18N6O.2ClH/c1-11-15(16(23)19-8-3-7-17)20-21-22(11)14-5-2-4-12-10-18-9-6-13(12)14;;/h2,4-6,9-10H,3,7-8,17H2,1H3,(H,19,23);2*1H. The summed E-state index contributed by atoms with van der Waals surface area (Å²) in [5.74, 6) is -0.232. The molecule has 3 rings (SSSR count). The normalized spacial score (nSPS) is 10.0. The Morgan fingerprint density at radius 2 is 2.08 bits per heavy atom. The van der Waals surface area contributed by atoms with Crippen molar-refractivity contribution in [3.05, 3.63) is 48.0 Å². The predicted octanol–water partition coefficient (Wildman–Crippen LogP) is 2.05. The Morgan fingerprint density at radius 1 is 1.28 bits per heavy atom. The molecule has 3 N–H and O–H groups in total. The van der Waals surface area contributed by atoms with Crippen molar-refractivity contribution in [3.63, 3.8) is 0 Å². The van der Waals surface area contributed by atoms with Crippen LogP contribution in [0.2, 0.25) is 0 Å². The van der Waals surface area contributed by atoms with E-state index in [2.05, 4.69) is 20.6 Å². The Kier molecular flexibility index (Phi) is 7.76. The summed E-state index contributed by atoms with van der Waals surface area (Å²) in [5.41, 5.74) is 7.32. The molecule has 0 aliphatic carbocycles. The van der Waals surface area contributed by atoms with Crippen molar-refractivity contribution >= 4 is 41.5 Å². The average molecular weight is 383 g/mol. The highest BCUT2D eigenvalue weighted by atomic mass is 35.5. The van der Waals surface area contributed by atoms with Crippen molar-refractivity contribution in [2.45, 2.75) is 13.3 Å². The maximum atomic E-state index is 12.2. The van der Waals surface area contributed by atoms with Crippen molar-refractivity contribution < 1.29 is 4.79 Å². The summed E-state index contributed by atoms with van der Waals surface area (Å²) >= 11 is 0. The first-order valence-electron chi connectivity index (χ1n) is 7.46. The van der Waals surface area contributed by atoms with Gasteiger partial charge in [0.25, 0.3) is 5.91 Å². The number of fused-ring (bicyclic) bond motifs is 1. The first-order valence-corrected chi connectivity index (χ1v) is 7.46. The van der Waals surface area contributed by atoms with E-state index in [1.54, 1.807) is 17.1 Å². The third-order valence-electron chi connectivity index (χ3n) is 3.66. The van der Waals surface area contributed by atoms with E-state index in [1.807, 2.05) is 31.2 Å². The highest BCUT2D eigenvalue weighted by molar-refractivity contribution is 5.94. The molecule has 0 spiro atoms. The minimum Gasteiger partial charge on any atom is -0.351 e. The largest absolute Gasteiger partial charge is 0.351 e. The van der Waals surface area contributed by atoms with Gasteiger partial charge < -0.3 is 11.1 Å². The van der Waals surface area contributed by atoms with E-state index in [0.29, 0.717) is 24.5 Å². The molecule has 9 heteroatoms. The molecule has 1 aromatic carbocycles. The fraction of sp³-hybridized carbons (Fsp3) is 0.250. The summed E-state index contributed by atoms with van der Waals surface area (Å²) in [6, 6.07) is 7.78. The molecule has 25 heavy (non-hydrogen) atoms. The molecule has 0 aliphatic rings. The molecule has 0 saturated carbocycles. The van der Waals surface area contributed by atoms with Crippen molar-refractivity contribution in [1.82, 2.24) is 25.3 Å². The van der Waals surface area contributed by atoms with Crippen molar-refractivity contribution in [1.29, 1.82) is 0 Å². The van der Waals surface area contributed by atoms with Crippen LogP contribution in [0.3, 0.4) is 0 Å². The molecule has 0 unspecified atom stereocenters. The molecule has 0 radical (unpaired) electrons. The van der Waals surface area contributed by atoms with Crippen molar-refractivity contribution in [2.24, 2.45) is 5.73 Å². The van der Waals surface area contributed by atoms with Crippen LogP contribution in [0.1, 0.15) is 22.6 Å². The summed E-state index contributed by atoms with van der Waals surface area (Å²) < 4.78 is 1.68. The molecule has 134 valence electrons. The second-order valence-electron chi connectivity index (χ2n) is 5.21. The maximum Gasteiger partial charge on any atom is 0.273 e. The Morgan fingerprint density at radius 3 is 2.84 bits per heavy atom. The lowest BCUT2D eigenvalue weighted by Gasteiger charge is -2.07. The number of nitrogens with one attached hydrogen (secondary N) is 1. The molecule has 1 amide bonds. The van der Waals surface area contributed by atoms with Gasteiger partial charge in [-0.05, 0) is 32.0 Å². The number of nitrogens with zero attached hydrogens (tertiary/aromatic N) is 4. The predicted molar refractivity (Wildman–Crippen MR) is 102 cm³/mol. The second kappa shape index (κ2) is 9.31. The van der Waals surface area contributed by atoms with Gasteiger partial charge in [0, 0.05) is 29.7 Å². The molecule has 0 saturated heterocycles. The van der Waals surface area contributed by atoms with Crippen LogP contribution in [0, 0.1) is 6.92 Å². The number of nitrogens with two attached hydrogens (primary N) is 1. The molecule has 2 heterocycles. The maximum absolute atomic E-state index is 12.2. The number of pyridine rings is 1. The fourth-order valence-corrected chi connectivity index (χ4v) is 2.45. The van der Waals surface area contributed by atoms with Gasteiger partial charge in [-0.25, -0.2) is 4.68 Å². The number of hydrogen-bond donors (Lipinski definition) is 2.